The Balaban J connectivity index is 0.00000180. The highest BCUT2D eigenvalue weighted by Gasteiger charge is 2.34. The van der Waals surface area contributed by atoms with E-state index in [4.69, 9.17) is 0 Å². The fraction of sp³-hybridized carbons (Fsp3) is 0.692. The summed E-state index contributed by atoms with van der Waals surface area (Å²) < 4.78 is 1.79. The molecule has 2 rings (SSSR count). The van der Waals surface area contributed by atoms with Gasteiger partial charge in [0.2, 0.25) is 5.91 Å². The third-order valence-corrected chi connectivity index (χ3v) is 3.71. The van der Waals surface area contributed by atoms with Gasteiger partial charge in [-0.25, -0.2) is 0 Å². The van der Waals surface area contributed by atoms with E-state index in [1.807, 2.05) is 26.4 Å². The molecule has 1 aliphatic rings. The number of nitrogens with one attached hydrogen (secondary N) is 2. The van der Waals surface area contributed by atoms with Gasteiger partial charge in [-0.05, 0) is 18.9 Å². The van der Waals surface area contributed by atoms with Crippen LogP contribution in [-0.2, 0) is 11.8 Å². The van der Waals surface area contributed by atoms with Crippen molar-refractivity contribution < 1.29 is 4.79 Å². The fourth-order valence-electron chi connectivity index (χ4n) is 2.39. The van der Waals surface area contributed by atoms with Gasteiger partial charge in [0.1, 0.15) is 0 Å². The Labute approximate surface area is 120 Å². The first-order valence-corrected chi connectivity index (χ1v) is 6.61. The average molecular weight is 287 g/mol. The molecule has 1 amide bonds. The highest BCUT2D eigenvalue weighted by atomic mass is 35.5. The minimum atomic E-state index is 0. The number of aromatic nitrogens is 2. The van der Waals surface area contributed by atoms with E-state index in [-0.39, 0.29) is 36.2 Å². The van der Waals surface area contributed by atoms with Gasteiger partial charge in [-0.3, -0.25) is 9.48 Å². The maximum atomic E-state index is 12.2. The molecule has 0 aliphatic carbocycles. The lowest BCUT2D eigenvalue weighted by Crippen LogP contribution is -2.39. The summed E-state index contributed by atoms with van der Waals surface area (Å²) in [6.07, 6.45) is 4.83. The smallest absolute Gasteiger partial charge is 0.225 e. The quantitative estimate of drug-likeness (QED) is 0.870. The molecule has 2 heterocycles. The van der Waals surface area contributed by atoms with E-state index in [9.17, 15) is 4.79 Å². The topological polar surface area (TPSA) is 59.0 Å². The number of hydrogen-bond donors (Lipinski definition) is 2. The predicted molar refractivity (Wildman–Crippen MR) is 77.5 cm³/mol. The molecule has 1 unspecified atom stereocenters. The van der Waals surface area contributed by atoms with Gasteiger partial charge >= 0.3 is 0 Å². The molecule has 1 aliphatic heterocycles. The lowest BCUT2D eigenvalue weighted by Gasteiger charge is -2.19. The Hall–Kier alpha value is -1.07. The summed E-state index contributed by atoms with van der Waals surface area (Å²) in [6, 6.07) is 0.243. The lowest BCUT2D eigenvalue weighted by molar-refractivity contribution is -0.125. The number of amides is 1. The molecule has 2 N–H and O–H groups in total. The lowest BCUT2D eigenvalue weighted by atomic mass is 9.90. The van der Waals surface area contributed by atoms with Gasteiger partial charge in [-0.1, -0.05) is 6.92 Å². The van der Waals surface area contributed by atoms with Crippen LogP contribution in [0.4, 0.5) is 0 Å². The van der Waals surface area contributed by atoms with Crippen LogP contribution in [-0.4, -0.2) is 34.8 Å². The number of carbonyl (C=O) groups is 1. The molecule has 0 radical (unpaired) electrons. The van der Waals surface area contributed by atoms with Crippen LogP contribution in [0.15, 0.2) is 12.4 Å². The largest absolute Gasteiger partial charge is 0.353 e. The van der Waals surface area contributed by atoms with Crippen LogP contribution in [0.3, 0.4) is 0 Å². The van der Waals surface area contributed by atoms with E-state index in [0.29, 0.717) is 0 Å². The summed E-state index contributed by atoms with van der Waals surface area (Å²) in [6.45, 7) is 5.72. The zero-order valence-corrected chi connectivity index (χ0v) is 12.5. The molecular weight excluding hydrogens is 264 g/mol. The number of halogens is 1. The van der Waals surface area contributed by atoms with Crippen molar-refractivity contribution in [2.45, 2.75) is 32.2 Å². The second-order valence-corrected chi connectivity index (χ2v) is 5.14. The maximum absolute atomic E-state index is 12.2. The van der Waals surface area contributed by atoms with E-state index >= 15 is 0 Å². The standard InChI is InChI=1S/C13H22N4O.ClH/c1-4-9(2)16-13(18)12-7-14-6-11(12)10-5-15-17(3)8-10;/h5,8-9,11-12,14H,4,6-7H2,1-3H3,(H,16,18);1H/t9?,11-,12+;/m1./s1. The normalized spacial score (nSPS) is 23.7. The van der Waals surface area contributed by atoms with Gasteiger partial charge in [-0.15, -0.1) is 12.4 Å². The Bertz CT molecular complexity index is 421. The first-order valence-electron chi connectivity index (χ1n) is 6.61. The summed E-state index contributed by atoms with van der Waals surface area (Å²) in [7, 11) is 1.90. The zero-order chi connectivity index (χ0) is 13.1. The van der Waals surface area contributed by atoms with Crippen LogP contribution in [0.5, 0.6) is 0 Å². The molecule has 0 bridgehead atoms. The van der Waals surface area contributed by atoms with E-state index in [2.05, 4.69) is 22.7 Å². The third kappa shape index (κ3) is 3.70. The average Bonchev–Trinajstić information content (AvgIpc) is 2.96. The number of rotatable bonds is 4. The van der Waals surface area contributed by atoms with E-state index in [1.165, 1.54) is 0 Å². The van der Waals surface area contributed by atoms with Gasteiger partial charge in [0.25, 0.3) is 0 Å². The summed E-state index contributed by atoms with van der Waals surface area (Å²) in [5, 5.41) is 10.6. The molecule has 6 heteroatoms. The first-order chi connectivity index (χ1) is 8.61. The van der Waals surface area contributed by atoms with Crippen LogP contribution in [0.25, 0.3) is 0 Å². The molecular formula is C13H23ClN4O. The van der Waals surface area contributed by atoms with E-state index in [1.54, 1.807) is 4.68 Å². The monoisotopic (exact) mass is 286 g/mol. The van der Waals surface area contributed by atoms with Crippen LogP contribution < -0.4 is 10.6 Å². The summed E-state index contributed by atoms with van der Waals surface area (Å²) >= 11 is 0. The van der Waals surface area contributed by atoms with Gasteiger partial charge in [0.15, 0.2) is 0 Å². The molecule has 1 aromatic heterocycles. The van der Waals surface area contributed by atoms with Crippen molar-refractivity contribution in [1.82, 2.24) is 20.4 Å². The number of hydrogen-bond acceptors (Lipinski definition) is 3. The van der Waals surface area contributed by atoms with E-state index in [0.717, 1.165) is 25.1 Å². The molecule has 1 aromatic rings. The second kappa shape index (κ2) is 6.91. The Morgan fingerprint density at radius 1 is 1.63 bits per heavy atom. The number of aryl methyl sites for hydroxylation is 1. The fourth-order valence-corrected chi connectivity index (χ4v) is 2.39. The molecule has 19 heavy (non-hydrogen) atoms. The van der Waals surface area contributed by atoms with Crippen molar-refractivity contribution in [2.75, 3.05) is 13.1 Å². The maximum Gasteiger partial charge on any atom is 0.225 e. The van der Waals surface area contributed by atoms with Crippen LogP contribution in [0, 0.1) is 5.92 Å². The van der Waals surface area contributed by atoms with Gasteiger partial charge in [0, 0.05) is 38.3 Å². The Kier molecular flexibility index (Phi) is 5.82. The van der Waals surface area contributed by atoms with Crippen molar-refractivity contribution in [3.05, 3.63) is 18.0 Å². The summed E-state index contributed by atoms with van der Waals surface area (Å²) in [5.74, 6) is 0.411. The minimum absolute atomic E-state index is 0. The van der Waals surface area contributed by atoms with Crippen molar-refractivity contribution in [2.24, 2.45) is 13.0 Å². The zero-order valence-electron chi connectivity index (χ0n) is 11.7. The molecule has 108 valence electrons. The van der Waals surface area contributed by atoms with Gasteiger partial charge in [-0.2, -0.15) is 5.10 Å². The third-order valence-electron chi connectivity index (χ3n) is 3.71. The summed E-state index contributed by atoms with van der Waals surface area (Å²) in [5.41, 5.74) is 1.15. The molecule has 1 fully saturated rings. The molecule has 0 saturated carbocycles. The highest BCUT2D eigenvalue weighted by molar-refractivity contribution is 5.85. The van der Waals surface area contributed by atoms with Crippen LogP contribution >= 0.6 is 12.4 Å². The first kappa shape index (κ1) is 16.0. The predicted octanol–water partition coefficient (Wildman–Crippen LogP) is 1.06. The molecule has 1 saturated heterocycles. The van der Waals surface area contributed by atoms with Crippen LogP contribution in [0.1, 0.15) is 31.7 Å². The van der Waals surface area contributed by atoms with Crippen molar-refractivity contribution in [3.8, 4) is 0 Å². The van der Waals surface area contributed by atoms with Crippen molar-refractivity contribution in [3.63, 3.8) is 0 Å². The number of nitrogens with zero attached hydrogens (tertiary/aromatic N) is 2. The molecule has 0 spiro atoms. The molecule has 3 atom stereocenters. The number of carbonyl (C=O) groups excluding carboxylic acids is 1. The second-order valence-electron chi connectivity index (χ2n) is 5.14. The Morgan fingerprint density at radius 2 is 2.37 bits per heavy atom. The summed E-state index contributed by atoms with van der Waals surface area (Å²) in [4.78, 5) is 12.2. The Morgan fingerprint density at radius 3 is 2.95 bits per heavy atom. The highest BCUT2D eigenvalue weighted by Crippen LogP contribution is 2.27. The van der Waals surface area contributed by atoms with Crippen molar-refractivity contribution >= 4 is 18.3 Å². The SMILES string of the molecule is CCC(C)NC(=O)[C@H]1CNC[C@@H]1c1cnn(C)c1.Cl. The minimum Gasteiger partial charge on any atom is -0.353 e. The molecule has 5 nitrogen and oxygen atoms in total. The van der Waals surface area contributed by atoms with Crippen LogP contribution in [0.2, 0.25) is 0 Å². The van der Waals surface area contributed by atoms with Gasteiger partial charge < -0.3 is 10.6 Å². The van der Waals surface area contributed by atoms with Crippen molar-refractivity contribution in [1.29, 1.82) is 0 Å². The van der Waals surface area contributed by atoms with Gasteiger partial charge in [0.05, 0.1) is 12.1 Å². The molecule has 0 aromatic carbocycles. The van der Waals surface area contributed by atoms with E-state index < -0.39 is 0 Å².